The maximum Gasteiger partial charge on any atom is 0.306 e. The van der Waals surface area contributed by atoms with Gasteiger partial charge in [0.1, 0.15) is 13.2 Å². The Morgan fingerprint density at radius 3 is 0.772 bits per heavy atom. The van der Waals surface area contributed by atoms with Crippen LogP contribution in [-0.2, 0) is 28.6 Å². The molecule has 0 radical (unpaired) electrons. The summed E-state index contributed by atoms with van der Waals surface area (Å²) in [6.45, 7) is 6.56. The van der Waals surface area contributed by atoms with E-state index in [2.05, 4.69) is 69.4 Å². The zero-order valence-electron chi connectivity index (χ0n) is 53.2. The highest BCUT2D eigenvalue weighted by Crippen LogP contribution is 2.19. The fourth-order valence-corrected chi connectivity index (χ4v) is 10.6. The van der Waals surface area contributed by atoms with Crippen LogP contribution >= 0.6 is 0 Å². The minimum atomic E-state index is -0.788. The lowest BCUT2D eigenvalue weighted by atomic mass is 10.0. The van der Waals surface area contributed by atoms with E-state index >= 15 is 0 Å². The minimum Gasteiger partial charge on any atom is -0.462 e. The number of hydrogen-bond acceptors (Lipinski definition) is 6. The lowest BCUT2D eigenvalue weighted by Crippen LogP contribution is -2.30. The predicted octanol–water partition coefficient (Wildman–Crippen LogP) is 24.1. The maximum atomic E-state index is 12.9. The van der Waals surface area contributed by atoms with Crippen molar-refractivity contribution in [3.63, 3.8) is 0 Å². The molecule has 6 nitrogen and oxygen atoms in total. The zero-order valence-corrected chi connectivity index (χ0v) is 53.2. The highest BCUT2D eigenvalue weighted by Gasteiger charge is 2.19. The van der Waals surface area contributed by atoms with E-state index in [0.717, 1.165) is 83.5 Å². The van der Waals surface area contributed by atoms with Gasteiger partial charge in [-0.1, -0.05) is 352 Å². The van der Waals surface area contributed by atoms with E-state index in [0.29, 0.717) is 19.3 Å². The van der Waals surface area contributed by atoms with Crippen molar-refractivity contribution in [2.24, 2.45) is 0 Å². The van der Waals surface area contributed by atoms with Crippen LogP contribution in [0, 0.1) is 0 Å². The predicted molar refractivity (Wildman–Crippen MR) is 344 cm³/mol. The molecule has 0 aliphatic rings. The van der Waals surface area contributed by atoms with Gasteiger partial charge in [-0.15, -0.1) is 0 Å². The van der Waals surface area contributed by atoms with Crippen LogP contribution in [0.15, 0.2) is 48.6 Å². The molecule has 0 saturated heterocycles. The van der Waals surface area contributed by atoms with E-state index < -0.39 is 6.10 Å². The molecule has 0 aromatic carbocycles. The van der Waals surface area contributed by atoms with Gasteiger partial charge in [0.05, 0.1) is 0 Å². The summed E-state index contributed by atoms with van der Waals surface area (Å²) in [7, 11) is 0. The molecule has 0 amide bonds. The van der Waals surface area contributed by atoms with Gasteiger partial charge in [-0.05, 0) is 57.8 Å². The van der Waals surface area contributed by atoms with Crippen LogP contribution in [0.2, 0.25) is 0 Å². The van der Waals surface area contributed by atoms with Crippen molar-refractivity contribution in [3.8, 4) is 0 Å². The summed E-state index contributed by atoms with van der Waals surface area (Å²) < 4.78 is 16.9. The van der Waals surface area contributed by atoms with Gasteiger partial charge < -0.3 is 14.2 Å². The van der Waals surface area contributed by atoms with Crippen molar-refractivity contribution in [1.82, 2.24) is 0 Å². The molecule has 1 unspecified atom stereocenters. The first-order chi connectivity index (χ1) is 39.0. The molecule has 0 aromatic heterocycles. The van der Waals surface area contributed by atoms with Crippen LogP contribution in [0.3, 0.4) is 0 Å². The first kappa shape index (κ1) is 76.4. The van der Waals surface area contributed by atoms with Gasteiger partial charge in [-0.2, -0.15) is 0 Å². The number of carbonyl (C=O) groups excluding carboxylic acids is 3. The van der Waals surface area contributed by atoms with E-state index in [1.807, 2.05) is 0 Å². The number of esters is 3. The Kier molecular flexibility index (Phi) is 65.6. The molecule has 0 rings (SSSR count). The Morgan fingerprint density at radius 1 is 0.266 bits per heavy atom. The normalized spacial score (nSPS) is 12.3. The van der Waals surface area contributed by atoms with E-state index in [9.17, 15) is 14.4 Å². The van der Waals surface area contributed by atoms with Gasteiger partial charge in [0.15, 0.2) is 6.10 Å². The third-order valence-corrected chi connectivity index (χ3v) is 15.8. The molecule has 0 aromatic rings. The summed E-state index contributed by atoms with van der Waals surface area (Å²) in [5, 5.41) is 0. The molecule has 0 bridgehead atoms. The second-order valence-electron chi connectivity index (χ2n) is 23.8. The molecular formula is C73H134O6. The molecular weight excluding hydrogens is 973 g/mol. The zero-order chi connectivity index (χ0) is 57.1. The standard InChI is InChI=1S/C73H134O6/c1-4-7-10-13-16-19-22-25-28-30-31-32-33-34-35-36-37-38-39-40-41-42-43-46-48-51-54-57-60-63-66-72(75)78-69-70(68-77-71(74)65-62-59-56-53-50-47-44-27-24-21-18-15-12-9-6-3)79-73(76)67-64-61-58-55-52-49-45-29-26-23-20-17-14-11-8-5-2/h9,12,18,21,27,44,50,53,70H,4-8,10-11,13-17,19-20,22-26,28-43,45-49,51-52,54-69H2,1-3H3/b12-9-,21-18-,44-27-,53-50-. The van der Waals surface area contributed by atoms with Crippen molar-refractivity contribution < 1.29 is 28.6 Å². The third-order valence-electron chi connectivity index (χ3n) is 15.8. The smallest absolute Gasteiger partial charge is 0.306 e. The molecule has 0 fully saturated rings. The summed E-state index contributed by atoms with van der Waals surface area (Å²) >= 11 is 0. The number of rotatable bonds is 65. The quantitative estimate of drug-likeness (QED) is 0.0261. The summed E-state index contributed by atoms with van der Waals surface area (Å²) in [6.07, 6.45) is 85.9. The molecule has 1 atom stereocenters. The van der Waals surface area contributed by atoms with Crippen LogP contribution in [0.4, 0.5) is 0 Å². The first-order valence-corrected chi connectivity index (χ1v) is 35.1. The monoisotopic (exact) mass is 1110 g/mol. The fraction of sp³-hybridized carbons (Fsp3) is 0.849. The van der Waals surface area contributed by atoms with Gasteiger partial charge in [-0.25, -0.2) is 0 Å². The van der Waals surface area contributed by atoms with Gasteiger partial charge in [-0.3, -0.25) is 14.4 Å². The number of unbranched alkanes of at least 4 members (excludes halogenated alkanes) is 46. The van der Waals surface area contributed by atoms with Gasteiger partial charge >= 0.3 is 17.9 Å². The van der Waals surface area contributed by atoms with E-state index in [1.54, 1.807) is 0 Å². The highest BCUT2D eigenvalue weighted by molar-refractivity contribution is 5.71. The largest absolute Gasteiger partial charge is 0.462 e. The average molecular weight is 1110 g/mol. The number of carbonyl (C=O) groups is 3. The summed E-state index contributed by atoms with van der Waals surface area (Å²) in [5.41, 5.74) is 0. The Balaban J connectivity index is 4.18. The second kappa shape index (κ2) is 67.9. The van der Waals surface area contributed by atoms with Crippen LogP contribution in [0.5, 0.6) is 0 Å². The average Bonchev–Trinajstić information content (AvgIpc) is 3.45. The Bertz CT molecular complexity index is 1360. The van der Waals surface area contributed by atoms with Gasteiger partial charge in [0.25, 0.3) is 0 Å². The molecule has 0 saturated carbocycles. The molecule has 0 aliphatic carbocycles. The van der Waals surface area contributed by atoms with Crippen LogP contribution < -0.4 is 0 Å². The van der Waals surface area contributed by atoms with Crippen molar-refractivity contribution >= 4 is 17.9 Å². The lowest BCUT2D eigenvalue weighted by Gasteiger charge is -2.18. The molecule has 462 valence electrons. The molecule has 6 heteroatoms. The van der Waals surface area contributed by atoms with Gasteiger partial charge in [0, 0.05) is 19.3 Å². The number of allylic oxidation sites excluding steroid dienone is 8. The van der Waals surface area contributed by atoms with Crippen LogP contribution in [0.25, 0.3) is 0 Å². The molecule has 0 aliphatic heterocycles. The van der Waals surface area contributed by atoms with E-state index in [-0.39, 0.29) is 31.1 Å². The fourth-order valence-electron chi connectivity index (χ4n) is 10.6. The van der Waals surface area contributed by atoms with Crippen LogP contribution in [0.1, 0.15) is 380 Å². The van der Waals surface area contributed by atoms with Crippen LogP contribution in [-0.4, -0.2) is 37.2 Å². The Hall–Kier alpha value is -2.63. The summed E-state index contributed by atoms with van der Waals surface area (Å²) in [4.78, 5) is 38.4. The molecule has 0 N–H and O–H groups in total. The van der Waals surface area contributed by atoms with Crippen molar-refractivity contribution in [2.45, 2.75) is 386 Å². The molecule has 79 heavy (non-hydrogen) atoms. The Labute approximate surface area is 492 Å². The summed E-state index contributed by atoms with van der Waals surface area (Å²) in [5.74, 6) is -0.899. The van der Waals surface area contributed by atoms with E-state index in [1.165, 1.54) is 257 Å². The first-order valence-electron chi connectivity index (χ1n) is 35.1. The lowest BCUT2D eigenvalue weighted by molar-refractivity contribution is -0.167. The maximum absolute atomic E-state index is 12.9. The summed E-state index contributed by atoms with van der Waals surface area (Å²) in [6, 6.07) is 0. The SMILES string of the molecule is CC/C=C\C/C=C\C/C=C\C/C=C\CCCCC(=O)OCC(COC(=O)CCCCCCCCCCCCCCCCCCCCCCCCCCCCCCCC)OC(=O)CCCCCCCCCCCCCCCCCC. The molecule has 0 heterocycles. The highest BCUT2D eigenvalue weighted by atomic mass is 16.6. The second-order valence-corrected chi connectivity index (χ2v) is 23.8. The topological polar surface area (TPSA) is 78.9 Å². The Morgan fingerprint density at radius 2 is 0.494 bits per heavy atom. The minimum absolute atomic E-state index is 0.0811. The van der Waals surface area contributed by atoms with Crippen molar-refractivity contribution in [2.75, 3.05) is 13.2 Å². The van der Waals surface area contributed by atoms with E-state index in [4.69, 9.17) is 14.2 Å². The van der Waals surface area contributed by atoms with Gasteiger partial charge in [0.2, 0.25) is 0 Å². The molecule has 0 spiro atoms. The van der Waals surface area contributed by atoms with Crippen molar-refractivity contribution in [3.05, 3.63) is 48.6 Å². The third kappa shape index (κ3) is 66.1. The number of hydrogen-bond donors (Lipinski definition) is 0. The number of ether oxygens (including phenoxy) is 3. The van der Waals surface area contributed by atoms with Crippen molar-refractivity contribution in [1.29, 1.82) is 0 Å².